The minimum atomic E-state index is -2.67. The summed E-state index contributed by atoms with van der Waals surface area (Å²) < 4.78 is 19.1. The molecule has 2 aromatic rings. The zero-order valence-corrected chi connectivity index (χ0v) is 13.3. The lowest BCUT2D eigenvalue weighted by atomic mass is 10.4. The van der Waals surface area contributed by atoms with E-state index in [0.29, 0.717) is 17.7 Å². The van der Waals surface area contributed by atoms with Gasteiger partial charge in [0.1, 0.15) is 6.61 Å². The summed E-state index contributed by atoms with van der Waals surface area (Å²) in [6.45, 7) is 2.73. The summed E-state index contributed by atoms with van der Waals surface area (Å²) in [5, 5.41) is 0. The molecule has 9 nitrogen and oxygen atoms in total. The fraction of sp³-hybridized carbons (Fsp3) is 0.583. The Kier molecular flexibility index (Phi) is 5.23. The molecule has 0 radical (unpaired) electrons. The Hall–Kier alpha value is -1.83. The number of hydrogen-bond acceptors (Lipinski definition) is 5. The van der Waals surface area contributed by atoms with Crippen molar-refractivity contribution in [3.63, 3.8) is 0 Å². The Bertz CT molecular complexity index is 806. The Balaban J connectivity index is 2.41. The number of rotatable bonds is 7. The molecule has 120 valence electrons. The van der Waals surface area contributed by atoms with Gasteiger partial charge in [-0.25, -0.2) is 9.78 Å². The highest BCUT2D eigenvalue weighted by atomic mass is 31.1. The molecule has 2 aromatic heterocycles. The molecule has 0 fully saturated rings. The van der Waals surface area contributed by atoms with Gasteiger partial charge in [0.25, 0.3) is 5.56 Å². The van der Waals surface area contributed by atoms with E-state index in [2.05, 4.69) is 9.51 Å². The summed E-state index contributed by atoms with van der Waals surface area (Å²) >= 11 is 0. The van der Waals surface area contributed by atoms with E-state index < -0.39 is 19.5 Å². The predicted molar refractivity (Wildman–Crippen MR) is 79.9 cm³/mol. The topological polar surface area (TPSA) is 108 Å². The van der Waals surface area contributed by atoms with E-state index in [0.717, 1.165) is 11.0 Å². The van der Waals surface area contributed by atoms with Gasteiger partial charge >= 0.3 is 13.9 Å². The first-order valence-electron chi connectivity index (χ1n) is 6.91. The van der Waals surface area contributed by atoms with Gasteiger partial charge in [-0.2, -0.15) is 0 Å². The fourth-order valence-electron chi connectivity index (χ4n) is 2.29. The summed E-state index contributed by atoms with van der Waals surface area (Å²) in [7, 11) is -1.11. The van der Waals surface area contributed by atoms with Crippen LogP contribution in [0, 0.1) is 0 Å². The van der Waals surface area contributed by atoms with E-state index in [1.54, 1.807) is 17.9 Å². The van der Waals surface area contributed by atoms with Crippen molar-refractivity contribution < 1.29 is 14.0 Å². The molecule has 0 aliphatic carbocycles. The van der Waals surface area contributed by atoms with Gasteiger partial charge in [0.2, 0.25) is 0 Å². The van der Waals surface area contributed by atoms with Crippen molar-refractivity contribution in [3.05, 3.63) is 27.2 Å². The first-order chi connectivity index (χ1) is 10.5. The van der Waals surface area contributed by atoms with E-state index >= 15 is 0 Å². The molecule has 0 amide bonds. The van der Waals surface area contributed by atoms with E-state index in [1.807, 2.05) is 6.92 Å². The lowest BCUT2D eigenvalue weighted by molar-refractivity contribution is 0.270. The molecule has 10 heteroatoms. The van der Waals surface area contributed by atoms with Crippen LogP contribution in [0.15, 0.2) is 15.9 Å². The highest BCUT2D eigenvalue weighted by molar-refractivity contribution is 7.32. The van der Waals surface area contributed by atoms with Crippen LogP contribution in [0.2, 0.25) is 0 Å². The Morgan fingerprint density at radius 1 is 1.36 bits per heavy atom. The zero-order valence-electron chi connectivity index (χ0n) is 12.4. The van der Waals surface area contributed by atoms with Crippen molar-refractivity contribution in [1.29, 1.82) is 0 Å². The van der Waals surface area contributed by atoms with Crippen molar-refractivity contribution >= 4 is 19.4 Å². The third-order valence-electron chi connectivity index (χ3n) is 3.29. The molecule has 0 aliphatic heterocycles. The van der Waals surface area contributed by atoms with Crippen LogP contribution >= 0.6 is 8.25 Å². The molecule has 0 spiro atoms. The second-order valence-corrected chi connectivity index (χ2v) is 5.57. The first kappa shape index (κ1) is 16.5. The van der Waals surface area contributed by atoms with Crippen LogP contribution in [0.1, 0.15) is 19.8 Å². The second-order valence-electron chi connectivity index (χ2n) is 4.83. The van der Waals surface area contributed by atoms with E-state index in [1.165, 1.54) is 4.57 Å². The minimum absolute atomic E-state index is 0.00639. The van der Waals surface area contributed by atoms with E-state index in [9.17, 15) is 14.2 Å². The highest BCUT2D eigenvalue weighted by Gasteiger charge is 2.16. The van der Waals surface area contributed by atoms with Crippen molar-refractivity contribution in [2.45, 2.75) is 32.9 Å². The summed E-state index contributed by atoms with van der Waals surface area (Å²) in [6.07, 6.45) is 2.67. The number of imidazole rings is 1. The monoisotopic (exact) mass is 329 g/mol. The molecule has 0 bridgehead atoms. The normalized spacial score (nSPS) is 12.0. The van der Waals surface area contributed by atoms with E-state index in [-0.39, 0.29) is 19.6 Å². The van der Waals surface area contributed by atoms with Crippen molar-refractivity contribution in [1.82, 2.24) is 18.7 Å². The molecule has 0 saturated carbocycles. The number of hydrogen-bond donors (Lipinski definition) is 1. The number of aromatic nitrogens is 4. The first-order valence-corrected chi connectivity index (χ1v) is 8.04. The van der Waals surface area contributed by atoms with Crippen molar-refractivity contribution in [2.75, 3.05) is 6.61 Å². The molecule has 2 rings (SSSR count). The Labute approximate surface area is 126 Å². The summed E-state index contributed by atoms with van der Waals surface area (Å²) in [5.74, 6) is 0. The van der Waals surface area contributed by atoms with Gasteiger partial charge in [-0.05, 0) is 12.8 Å². The highest BCUT2D eigenvalue weighted by Crippen LogP contribution is 2.14. The summed E-state index contributed by atoms with van der Waals surface area (Å²) in [4.78, 5) is 37.4. The maximum Gasteiger partial charge on any atom is 0.694 e. The fourth-order valence-corrected chi connectivity index (χ4v) is 2.58. The quantitative estimate of drug-likeness (QED) is 0.580. The molecule has 0 saturated heterocycles. The molecular weight excluding hydrogens is 311 g/mol. The SMILES string of the molecule is CCCn1cnc2c1c(=O)n(CCCO[P+](=O)O)c(=O)n2C. The number of fused-ring (bicyclic) bond motifs is 1. The van der Waals surface area contributed by atoms with Crippen LogP contribution in [0.5, 0.6) is 0 Å². The maximum absolute atomic E-state index is 12.5. The van der Waals surface area contributed by atoms with E-state index in [4.69, 9.17) is 4.89 Å². The van der Waals surface area contributed by atoms with Crippen LogP contribution < -0.4 is 11.2 Å². The van der Waals surface area contributed by atoms with Gasteiger partial charge in [0.05, 0.1) is 6.33 Å². The van der Waals surface area contributed by atoms with Crippen LogP contribution in [-0.4, -0.2) is 30.2 Å². The van der Waals surface area contributed by atoms with Crippen LogP contribution in [0.3, 0.4) is 0 Å². The van der Waals surface area contributed by atoms with Gasteiger partial charge in [0, 0.05) is 24.7 Å². The van der Waals surface area contributed by atoms with Crippen LogP contribution in [0.25, 0.3) is 11.2 Å². The van der Waals surface area contributed by atoms with Crippen LogP contribution in [-0.2, 0) is 29.2 Å². The zero-order chi connectivity index (χ0) is 16.3. The summed E-state index contributed by atoms with van der Waals surface area (Å²) in [5.41, 5.74) is -0.127. The lowest BCUT2D eigenvalue weighted by Crippen LogP contribution is -2.39. The third-order valence-corrected chi connectivity index (χ3v) is 3.70. The van der Waals surface area contributed by atoms with Gasteiger partial charge in [-0.3, -0.25) is 13.9 Å². The number of aryl methyl sites for hydroxylation is 2. The molecule has 22 heavy (non-hydrogen) atoms. The molecule has 0 aromatic carbocycles. The smallest absolute Gasteiger partial charge is 0.325 e. The largest absolute Gasteiger partial charge is 0.694 e. The van der Waals surface area contributed by atoms with Crippen molar-refractivity contribution in [2.24, 2.45) is 7.05 Å². The average Bonchev–Trinajstić information content (AvgIpc) is 2.88. The van der Waals surface area contributed by atoms with Gasteiger partial charge < -0.3 is 4.57 Å². The molecule has 0 aliphatic rings. The minimum Gasteiger partial charge on any atom is -0.325 e. The molecule has 2 heterocycles. The number of nitrogens with zero attached hydrogens (tertiary/aromatic N) is 4. The predicted octanol–water partition coefficient (Wildman–Crippen LogP) is 0.363. The molecule has 1 atom stereocenters. The van der Waals surface area contributed by atoms with Crippen molar-refractivity contribution in [3.8, 4) is 0 Å². The van der Waals surface area contributed by atoms with Gasteiger partial charge in [0.15, 0.2) is 11.2 Å². The average molecular weight is 329 g/mol. The maximum atomic E-state index is 12.5. The summed E-state index contributed by atoms with van der Waals surface area (Å²) in [6, 6.07) is 0. The standard InChI is InChI=1S/C12H17N4O5P/c1-3-5-15-8-13-10-9(15)11(17)16(12(18)14(10)2)6-4-7-21-22(19)20/h8H,3-7H2,1-2H3/p+1. The lowest BCUT2D eigenvalue weighted by Gasteiger charge is -2.08. The third kappa shape index (κ3) is 3.16. The van der Waals surface area contributed by atoms with Gasteiger partial charge in [-0.1, -0.05) is 6.92 Å². The van der Waals surface area contributed by atoms with Gasteiger partial charge in [-0.15, -0.1) is 9.42 Å². The van der Waals surface area contributed by atoms with Crippen LogP contribution in [0.4, 0.5) is 0 Å². The molecule has 1 N–H and O–H groups in total. The Morgan fingerprint density at radius 3 is 2.73 bits per heavy atom. The Morgan fingerprint density at radius 2 is 2.09 bits per heavy atom. The molecular formula is C12H18N4O5P+. The molecule has 1 unspecified atom stereocenters. The second kappa shape index (κ2) is 6.95.